The molecule has 0 spiro atoms. The Balaban J connectivity index is 2.77. The van der Waals surface area contributed by atoms with Gasteiger partial charge in [-0.1, -0.05) is 0 Å². The van der Waals surface area contributed by atoms with Crippen molar-refractivity contribution in [1.82, 2.24) is 14.9 Å². The SMILES string of the molecule is CC(C)(C)OC(=O)N[C@@H](CCn1cc(O)c(=O)[nH]c1=O)C(=O)O. The molecule has 0 radical (unpaired) electrons. The molecule has 0 bridgehead atoms. The largest absolute Gasteiger partial charge is 0.502 e. The van der Waals surface area contributed by atoms with Gasteiger partial charge in [0.05, 0.1) is 6.20 Å². The highest BCUT2D eigenvalue weighted by Crippen LogP contribution is 2.07. The van der Waals surface area contributed by atoms with Crippen molar-refractivity contribution < 1.29 is 24.5 Å². The van der Waals surface area contributed by atoms with Gasteiger partial charge in [-0.3, -0.25) is 14.3 Å². The number of amides is 1. The van der Waals surface area contributed by atoms with E-state index in [9.17, 15) is 24.3 Å². The van der Waals surface area contributed by atoms with Gasteiger partial charge in [0.25, 0.3) is 5.56 Å². The minimum Gasteiger partial charge on any atom is -0.502 e. The van der Waals surface area contributed by atoms with Gasteiger partial charge in [0.1, 0.15) is 11.6 Å². The van der Waals surface area contributed by atoms with Gasteiger partial charge < -0.3 is 20.3 Å². The molecule has 1 aromatic heterocycles. The molecule has 1 heterocycles. The summed E-state index contributed by atoms with van der Waals surface area (Å²) >= 11 is 0. The summed E-state index contributed by atoms with van der Waals surface area (Å²) in [5, 5.41) is 20.5. The van der Waals surface area contributed by atoms with E-state index in [1.807, 2.05) is 4.98 Å². The van der Waals surface area contributed by atoms with E-state index in [2.05, 4.69) is 5.32 Å². The van der Waals surface area contributed by atoms with E-state index in [0.717, 1.165) is 10.8 Å². The molecule has 0 aliphatic heterocycles. The number of hydrogen-bond acceptors (Lipinski definition) is 6. The first kappa shape index (κ1) is 18.3. The Labute approximate surface area is 130 Å². The number of H-pyrrole nitrogens is 1. The van der Waals surface area contributed by atoms with Crippen molar-refractivity contribution in [1.29, 1.82) is 0 Å². The van der Waals surface area contributed by atoms with E-state index < -0.39 is 40.7 Å². The van der Waals surface area contributed by atoms with Crippen LogP contribution in [0.5, 0.6) is 5.75 Å². The van der Waals surface area contributed by atoms with E-state index in [4.69, 9.17) is 9.84 Å². The van der Waals surface area contributed by atoms with E-state index >= 15 is 0 Å². The highest BCUT2D eigenvalue weighted by Gasteiger charge is 2.24. The van der Waals surface area contributed by atoms with Crippen LogP contribution >= 0.6 is 0 Å². The molecule has 0 saturated heterocycles. The van der Waals surface area contributed by atoms with Gasteiger partial charge in [-0.15, -0.1) is 0 Å². The first-order valence-electron chi connectivity index (χ1n) is 6.74. The number of alkyl carbamates (subject to hydrolysis) is 1. The van der Waals surface area contributed by atoms with Crippen molar-refractivity contribution in [2.24, 2.45) is 0 Å². The number of aromatic hydroxyl groups is 1. The maximum absolute atomic E-state index is 11.6. The van der Waals surface area contributed by atoms with Crippen LogP contribution in [0, 0.1) is 0 Å². The number of nitrogens with one attached hydrogen (secondary N) is 2. The van der Waals surface area contributed by atoms with Crippen LogP contribution in [-0.2, 0) is 16.1 Å². The molecule has 1 aromatic rings. The topological polar surface area (TPSA) is 151 Å². The first-order valence-corrected chi connectivity index (χ1v) is 6.74. The number of rotatable bonds is 5. The van der Waals surface area contributed by atoms with Crippen molar-refractivity contribution >= 4 is 12.1 Å². The van der Waals surface area contributed by atoms with Crippen LogP contribution in [0.25, 0.3) is 0 Å². The van der Waals surface area contributed by atoms with Gasteiger partial charge in [-0.25, -0.2) is 14.4 Å². The van der Waals surface area contributed by atoms with Crippen LogP contribution < -0.4 is 16.6 Å². The van der Waals surface area contributed by atoms with E-state index in [1.54, 1.807) is 20.8 Å². The summed E-state index contributed by atoms with van der Waals surface area (Å²) in [6.45, 7) is 4.75. The molecular weight excluding hydrogens is 310 g/mol. The Bertz CT molecular complexity index is 699. The molecule has 0 saturated carbocycles. The van der Waals surface area contributed by atoms with Gasteiger partial charge in [0.15, 0.2) is 5.75 Å². The molecule has 1 atom stereocenters. The zero-order valence-corrected chi connectivity index (χ0v) is 13.0. The van der Waals surface area contributed by atoms with Crippen LogP contribution in [0.15, 0.2) is 15.8 Å². The number of aryl methyl sites for hydroxylation is 1. The van der Waals surface area contributed by atoms with E-state index in [0.29, 0.717) is 0 Å². The highest BCUT2D eigenvalue weighted by molar-refractivity contribution is 5.79. The molecule has 23 heavy (non-hydrogen) atoms. The smallest absolute Gasteiger partial charge is 0.408 e. The lowest BCUT2D eigenvalue weighted by molar-refractivity contribution is -0.139. The standard InChI is InChI=1S/C13H19N3O7/c1-13(2,3)23-12(22)14-7(10(19)20)4-5-16-6-8(17)9(18)15-11(16)21/h6-7,17H,4-5H2,1-3H3,(H,14,22)(H,19,20)(H,15,18,21)/t7-/m0/s1. The third kappa shape index (κ3) is 5.85. The highest BCUT2D eigenvalue weighted by atomic mass is 16.6. The lowest BCUT2D eigenvalue weighted by Gasteiger charge is -2.22. The Morgan fingerprint density at radius 2 is 2.00 bits per heavy atom. The fourth-order valence-electron chi connectivity index (χ4n) is 1.64. The number of aromatic nitrogens is 2. The van der Waals surface area contributed by atoms with E-state index in [1.165, 1.54) is 0 Å². The predicted octanol–water partition coefficient (Wildman–Crippen LogP) is -0.390. The number of carbonyl (C=O) groups is 2. The van der Waals surface area contributed by atoms with Crippen molar-refractivity contribution in [3.05, 3.63) is 27.0 Å². The second-order valence-corrected chi connectivity index (χ2v) is 5.79. The lowest BCUT2D eigenvalue weighted by atomic mass is 10.2. The van der Waals surface area contributed by atoms with Gasteiger partial charge in [-0.05, 0) is 27.2 Å². The fraction of sp³-hybridized carbons (Fsp3) is 0.538. The molecule has 10 heteroatoms. The van der Waals surface area contributed by atoms with Gasteiger partial charge in [-0.2, -0.15) is 0 Å². The van der Waals surface area contributed by atoms with Crippen molar-refractivity contribution in [3.8, 4) is 5.75 Å². The number of carboxylic acids is 1. The average Bonchev–Trinajstić information content (AvgIpc) is 2.37. The van der Waals surface area contributed by atoms with E-state index in [-0.39, 0.29) is 13.0 Å². The van der Waals surface area contributed by atoms with Crippen LogP contribution in [0.1, 0.15) is 27.2 Å². The zero-order valence-electron chi connectivity index (χ0n) is 13.0. The molecule has 0 unspecified atom stereocenters. The van der Waals surface area contributed by atoms with Crippen LogP contribution in [0.3, 0.4) is 0 Å². The minimum absolute atomic E-state index is 0.143. The van der Waals surface area contributed by atoms with Crippen molar-refractivity contribution in [3.63, 3.8) is 0 Å². The Kier molecular flexibility index (Phi) is 5.55. The summed E-state index contributed by atoms with van der Waals surface area (Å²) in [6.07, 6.45) is -0.158. The third-order valence-corrected chi connectivity index (χ3v) is 2.64. The summed E-state index contributed by atoms with van der Waals surface area (Å²) in [7, 11) is 0. The number of aliphatic carboxylic acids is 1. The quantitative estimate of drug-likeness (QED) is 0.574. The average molecular weight is 329 g/mol. The first-order chi connectivity index (χ1) is 10.5. The van der Waals surface area contributed by atoms with Crippen molar-refractivity contribution in [2.75, 3.05) is 0 Å². The number of nitrogens with zero attached hydrogens (tertiary/aromatic N) is 1. The fourth-order valence-corrected chi connectivity index (χ4v) is 1.64. The van der Waals surface area contributed by atoms with Gasteiger partial charge in [0, 0.05) is 6.54 Å². The molecule has 1 amide bonds. The summed E-state index contributed by atoms with van der Waals surface area (Å²) in [5.74, 6) is -1.98. The summed E-state index contributed by atoms with van der Waals surface area (Å²) in [5.41, 5.74) is -2.52. The molecule has 4 N–H and O–H groups in total. The van der Waals surface area contributed by atoms with Crippen molar-refractivity contribution in [2.45, 2.75) is 45.4 Å². The van der Waals surface area contributed by atoms with Crippen LogP contribution in [0.4, 0.5) is 4.79 Å². The van der Waals surface area contributed by atoms with Crippen LogP contribution in [-0.4, -0.2) is 43.5 Å². The number of carboxylic acid groups (broad SMARTS) is 1. The van der Waals surface area contributed by atoms with Gasteiger partial charge >= 0.3 is 17.8 Å². The van der Waals surface area contributed by atoms with Gasteiger partial charge in [0.2, 0.25) is 0 Å². The number of ether oxygens (including phenoxy) is 1. The Hall–Kier alpha value is -2.78. The molecule has 0 fully saturated rings. The molecule has 0 aliphatic carbocycles. The normalized spacial score (nSPS) is 12.5. The van der Waals surface area contributed by atoms with Crippen LogP contribution in [0.2, 0.25) is 0 Å². The molecule has 0 aromatic carbocycles. The second kappa shape index (κ2) is 6.99. The maximum Gasteiger partial charge on any atom is 0.408 e. The molecule has 10 nitrogen and oxygen atoms in total. The number of aromatic amines is 1. The third-order valence-electron chi connectivity index (χ3n) is 2.64. The Morgan fingerprint density at radius 3 is 2.52 bits per heavy atom. The molecular formula is C13H19N3O7. The Morgan fingerprint density at radius 1 is 1.39 bits per heavy atom. The summed E-state index contributed by atoms with van der Waals surface area (Å²) in [4.78, 5) is 47.2. The summed E-state index contributed by atoms with van der Waals surface area (Å²) in [6, 6.07) is -1.30. The molecule has 1 rings (SSSR count). The lowest BCUT2D eigenvalue weighted by Crippen LogP contribution is -2.44. The number of carbonyl (C=O) groups excluding carboxylic acids is 1. The minimum atomic E-state index is -1.31. The molecule has 128 valence electrons. The number of hydrogen-bond donors (Lipinski definition) is 4. The summed E-state index contributed by atoms with van der Waals surface area (Å²) < 4.78 is 5.89. The monoisotopic (exact) mass is 329 g/mol. The predicted molar refractivity (Wildman–Crippen MR) is 78.4 cm³/mol. The molecule has 0 aliphatic rings. The maximum atomic E-state index is 11.6. The zero-order chi connectivity index (χ0) is 17.8. The second-order valence-electron chi connectivity index (χ2n) is 5.79.